The van der Waals surface area contributed by atoms with Crippen LogP contribution in [0.1, 0.15) is 25.0 Å². The van der Waals surface area contributed by atoms with E-state index in [0.29, 0.717) is 6.10 Å². The summed E-state index contributed by atoms with van der Waals surface area (Å²) in [5.41, 5.74) is 3.51. The van der Waals surface area contributed by atoms with E-state index in [9.17, 15) is 0 Å². The Morgan fingerprint density at radius 3 is 2.32 bits per heavy atom. The first-order valence-corrected chi connectivity index (χ1v) is 12.1. The minimum atomic E-state index is -0.723. The lowest BCUT2D eigenvalue weighted by atomic mass is 10.00. The molecule has 0 amide bonds. The van der Waals surface area contributed by atoms with Crippen molar-refractivity contribution in [1.29, 1.82) is 0 Å². The molecule has 1 nitrogen and oxygen atoms in total. The molecule has 0 aromatic heterocycles. The molecule has 0 unspecified atom stereocenters. The molecule has 22 heavy (non-hydrogen) atoms. The summed E-state index contributed by atoms with van der Waals surface area (Å²) in [6.45, 7) is 13.2. The van der Waals surface area contributed by atoms with Gasteiger partial charge in [-0.25, -0.2) is 0 Å². The highest BCUT2D eigenvalue weighted by molar-refractivity contribution is 6.70. The van der Waals surface area contributed by atoms with Crippen LogP contribution in [0.3, 0.4) is 0 Å². The highest BCUT2D eigenvalue weighted by atomic mass is 28.3. The molecule has 0 spiro atoms. The van der Waals surface area contributed by atoms with Crippen LogP contribution in [0.4, 0.5) is 0 Å². The van der Waals surface area contributed by atoms with E-state index in [-0.39, 0.29) is 0 Å². The number of benzene rings is 2. The average Bonchev–Trinajstić information content (AvgIpc) is 2.52. The van der Waals surface area contributed by atoms with E-state index < -0.39 is 18.6 Å². The molecular formula is C19H26OSi2. The van der Waals surface area contributed by atoms with Crippen LogP contribution in [0.2, 0.25) is 13.1 Å². The van der Waals surface area contributed by atoms with Crippen molar-refractivity contribution in [3.63, 3.8) is 0 Å². The predicted octanol–water partition coefficient (Wildman–Crippen LogP) is 2.58. The van der Waals surface area contributed by atoms with E-state index in [1.165, 1.54) is 21.5 Å². The van der Waals surface area contributed by atoms with Gasteiger partial charge in [0.1, 0.15) is 0 Å². The fourth-order valence-corrected chi connectivity index (χ4v) is 4.37. The first kappa shape index (κ1) is 16.9. The average molecular weight is 327 g/mol. The monoisotopic (exact) mass is 326 g/mol. The van der Waals surface area contributed by atoms with Crippen molar-refractivity contribution in [1.82, 2.24) is 0 Å². The Hall–Kier alpha value is -1.43. The smallest absolute Gasteiger partial charge is 0.192 e. The molecule has 2 rings (SSSR count). The van der Waals surface area contributed by atoms with Crippen molar-refractivity contribution in [3.8, 4) is 0 Å². The summed E-state index contributed by atoms with van der Waals surface area (Å²) in [4.78, 5) is 0. The Bertz CT molecular complexity index is 630. The summed E-state index contributed by atoms with van der Waals surface area (Å²) >= 11 is 0. The van der Waals surface area contributed by atoms with Crippen LogP contribution in [0.5, 0.6) is 0 Å². The van der Waals surface area contributed by atoms with E-state index in [4.69, 9.17) is 4.43 Å². The molecule has 0 atom stereocenters. The van der Waals surface area contributed by atoms with Gasteiger partial charge in [-0.1, -0.05) is 73.4 Å². The number of rotatable bonds is 6. The molecule has 0 aliphatic rings. The van der Waals surface area contributed by atoms with Crippen LogP contribution in [0, 0.1) is 0 Å². The van der Waals surface area contributed by atoms with E-state index in [1.807, 2.05) is 0 Å². The summed E-state index contributed by atoms with van der Waals surface area (Å²) in [5.74, 6) is 0. The fourth-order valence-electron chi connectivity index (χ4n) is 2.35. The SMILES string of the molecule is C=C(c1ccc([SiH](C)C)cc1)c1cccc([SiH2]OC(C)C)c1. The van der Waals surface area contributed by atoms with Crippen molar-refractivity contribution in [2.24, 2.45) is 0 Å². The molecule has 0 saturated heterocycles. The van der Waals surface area contributed by atoms with Crippen molar-refractivity contribution < 1.29 is 4.43 Å². The molecule has 0 aliphatic carbocycles. The quantitative estimate of drug-likeness (QED) is 0.742. The van der Waals surface area contributed by atoms with Gasteiger partial charge >= 0.3 is 0 Å². The Morgan fingerprint density at radius 2 is 1.73 bits per heavy atom. The second-order valence-corrected chi connectivity index (χ2v) is 10.7. The molecule has 2 aromatic rings. The lowest BCUT2D eigenvalue weighted by Gasteiger charge is -2.11. The van der Waals surface area contributed by atoms with Crippen LogP contribution in [-0.2, 0) is 4.43 Å². The lowest BCUT2D eigenvalue weighted by Crippen LogP contribution is -2.22. The van der Waals surface area contributed by atoms with E-state index >= 15 is 0 Å². The van der Waals surface area contributed by atoms with Crippen LogP contribution < -0.4 is 10.4 Å². The number of hydrogen-bond donors (Lipinski definition) is 0. The summed E-state index contributed by atoms with van der Waals surface area (Å²) in [6, 6.07) is 17.6. The summed E-state index contributed by atoms with van der Waals surface area (Å²) in [7, 11) is -1.37. The zero-order valence-electron chi connectivity index (χ0n) is 14.1. The summed E-state index contributed by atoms with van der Waals surface area (Å²) < 4.78 is 5.82. The predicted molar refractivity (Wildman–Crippen MR) is 104 cm³/mol. The van der Waals surface area contributed by atoms with Gasteiger partial charge in [0, 0.05) is 6.10 Å². The normalized spacial score (nSPS) is 11.7. The van der Waals surface area contributed by atoms with Gasteiger partial charge in [0.05, 0.1) is 8.80 Å². The standard InChI is InChI=1S/C19H26OSi2/c1-14(2)20-21-18-8-6-7-17(13-18)15(3)16-9-11-19(12-10-16)22(4)5/h6-14,22H,3,21H2,1-2,4-5H3. The Morgan fingerprint density at radius 1 is 1.05 bits per heavy atom. The zero-order chi connectivity index (χ0) is 16.1. The third kappa shape index (κ3) is 4.53. The van der Waals surface area contributed by atoms with Gasteiger partial charge in [-0.15, -0.1) is 0 Å². The topological polar surface area (TPSA) is 9.23 Å². The van der Waals surface area contributed by atoms with Gasteiger partial charge in [-0.05, 0) is 35.7 Å². The van der Waals surface area contributed by atoms with Crippen LogP contribution in [-0.4, -0.2) is 24.7 Å². The molecule has 0 saturated carbocycles. The Kier molecular flexibility index (Phi) is 5.94. The maximum atomic E-state index is 5.82. The van der Waals surface area contributed by atoms with Gasteiger partial charge in [0.15, 0.2) is 9.76 Å². The lowest BCUT2D eigenvalue weighted by molar-refractivity contribution is 0.260. The molecule has 0 fully saturated rings. The molecule has 0 heterocycles. The Balaban J connectivity index is 2.16. The fraction of sp³-hybridized carbons (Fsp3) is 0.263. The van der Waals surface area contributed by atoms with Crippen LogP contribution >= 0.6 is 0 Å². The maximum absolute atomic E-state index is 5.82. The molecule has 0 N–H and O–H groups in total. The molecule has 3 heteroatoms. The van der Waals surface area contributed by atoms with Crippen LogP contribution in [0.15, 0.2) is 55.1 Å². The largest absolute Gasteiger partial charge is 0.416 e. The molecular weight excluding hydrogens is 300 g/mol. The minimum absolute atomic E-state index is 0.311. The van der Waals surface area contributed by atoms with Gasteiger partial charge in [0.25, 0.3) is 0 Å². The minimum Gasteiger partial charge on any atom is -0.416 e. The van der Waals surface area contributed by atoms with Gasteiger partial charge in [-0.3, -0.25) is 0 Å². The third-order valence-electron chi connectivity index (χ3n) is 3.78. The highest BCUT2D eigenvalue weighted by Gasteiger charge is 2.06. The molecule has 0 radical (unpaired) electrons. The van der Waals surface area contributed by atoms with Crippen molar-refractivity contribution in [3.05, 3.63) is 66.2 Å². The zero-order valence-corrected chi connectivity index (χ0v) is 16.7. The molecule has 0 aliphatic heterocycles. The van der Waals surface area contributed by atoms with Gasteiger partial charge < -0.3 is 4.43 Å². The molecule has 0 bridgehead atoms. The van der Waals surface area contributed by atoms with Crippen molar-refractivity contribution >= 4 is 34.5 Å². The third-order valence-corrected chi connectivity index (χ3v) is 7.11. The summed E-state index contributed by atoms with van der Waals surface area (Å²) in [6.07, 6.45) is 0.311. The van der Waals surface area contributed by atoms with Crippen molar-refractivity contribution in [2.45, 2.75) is 33.0 Å². The van der Waals surface area contributed by atoms with E-state index in [1.54, 1.807) is 0 Å². The summed E-state index contributed by atoms with van der Waals surface area (Å²) in [5, 5.41) is 2.83. The first-order chi connectivity index (χ1) is 10.5. The second kappa shape index (κ2) is 7.72. The van der Waals surface area contributed by atoms with Crippen LogP contribution in [0.25, 0.3) is 5.57 Å². The van der Waals surface area contributed by atoms with Crippen molar-refractivity contribution in [2.75, 3.05) is 0 Å². The molecule has 116 valence electrons. The number of hydrogen-bond acceptors (Lipinski definition) is 1. The van der Waals surface area contributed by atoms with E-state index in [0.717, 1.165) is 5.57 Å². The van der Waals surface area contributed by atoms with Gasteiger partial charge in [0.2, 0.25) is 0 Å². The first-order valence-electron chi connectivity index (χ1n) is 7.97. The highest BCUT2D eigenvalue weighted by Crippen LogP contribution is 2.19. The Labute approximate surface area is 138 Å². The van der Waals surface area contributed by atoms with E-state index in [2.05, 4.69) is 82.1 Å². The maximum Gasteiger partial charge on any atom is 0.192 e. The van der Waals surface area contributed by atoms with Gasteiger partial charge in [-0.2, -0.15) is 0 Å². The molecule has 2 aromatic carbocycles. The second-order valence-electron chi connectivity index (χ2n) is 6.32.